The predicted molar refractivity (Wildman–Crippen MR) is 59.3 cm³/mol. The quantitative estimate of drug-likeness (QED) is 0.427. The molecule has 1 amide bonds. The van der Waals surface area contributed by atoms with Gasteiger partial charge in [-0.15, -0.1) is 0 Å². The van der Waals surface area contributed by atoms with Crippen molar-refractivity contribution in [2.75, 3.05) is 18.0 Å². The molecule has 1 aliphatic rings. The van der Waals surface area contributed by atoms with Crippen LogP contribution in [-0.2, 0) is 11.2 Å². The first-order valence-electron chi connectivity index (χ1n) is 5.13. The minimum absolute atomic E-state index is 0.112. The van der Waals surface area contributed by atoms with Crippen molar-refractivity contribution in [2.45, 2.75) is 12.8 Å². The maximum Gasteiger partial charge on any atom is 0.235 e. The van der Waals surface area contributed by atoms with Crippen molar-refractivity contribution in [3.8, 4) is 0 Å². The van der Waals surface area contributed by atoms with E-state index in [1.54, 1.807) is 0 Å². The molecule has 0 aromatic heterocycles. The molecule has 0 bridgehead atoms. The summed E-state index contributed by atoms with van der Waals surface area (Å²) < 4.78 is 0. The van der Waals surface area contributed by atoms with Crippen molar-refractivity contribution in [1.29, 1.82) is 0 Å². The van der Waals surface area contributed by atoms with E-state index in [4.69, 9.17) is 5.84 Å². The topological polar surface area (TPSA) is 58.4 Å². The Kier molecular flexibility index (Phi) is 2.87. The fraction of sp³-hybridized carbons (Fsp3) is 0.364. The van der Waals surface area contributed by atoms with E-state index in [-0.39, 0.29) is 5.91 Å². The highest BCUT2D eigenvalue weighted by atomic mass is 16.2. The van der Waals surface area contributed by atoms with E-state index in [9.17, 15) is 4.79 Å². The molecule has 1 aromatic carbocycles. The number of nitrogens with two attached hydrogens (primary N) is 1. The highest BCUT2D eigenvalue weighted by Gasteiger charge is 2.18. The average molecular weight is 205 g/mol. The summed E-state index contributed by atoms with van der Waals surface area (Å²) in [6.07, 6.45) is 1.52. The second kappa shape index (κ2) is 4.31. The van der Waals surface area contributed by atoms with Crippen LogP contribution in [0.25, 0.3) is 0 Å². The lowest BCUT2D eigenvalue weighted by Gasteiger charge is -2.18. The highest BCUT2D eigenvalue weighted by Crippen LogP contribution is 2.27. The molecular formula is C11H15N3O. The predicted octanol–water partition coefficient (Wildman–Crippen LogP) is 0.429. The second-order valence-corrected chi connectivity index (χ2v) is 3.68. The van der Waals surface area contributed by atoms with Gasteiger partial charge in [0.25, 0.3) is 0 Å². The van der Waals surface area contributed by atoms with Gasteiger partial charge in [-0.2, -0.15) is 0 Å². The Balaban J connectivity index is 1.99. The molecule has 0 spiro atoms. The number of carbonyl (C=O) groups excluding carboxylic acids is 1. The van der Waals surface area contributed by atoms with E-state index >= 15 is 0 Å². The van der Waals surface area contributed by atoms with Crippen molar-refractivity contribution in [1.82, 2.24) is 5.43 Å². The van der Waals surface area contributed by atoms with Crippen molar-refractivity contribution in [3.05, 3.63) is 29.8 Å². The number of rotatable bonds is 3. The SMILES string of the molecule is NNC(=O)CCN1CCc2ccccc21. The number of carbonyl (C=O) groups is 1. The summed E-state index contributed by atoms with van der Waals surface area (Å²) in [6, 6.07) is 8.32. The van der Waals surface area contributed by atoms with Crippen LogP contribution in [0.3, 0.4) is 0 Å². The van der Waals surface area contributed by atoms with Gasteiger partial charge in [-0.1, -0.05) is 18.2 Å². The van der Waals surface area contributed by atoms with Gasteiger partial charge in [0.1, 0.15) is 0 Å². The lowest BCUT2D eigenvalue weighted by atomic mass is 10.2. The number of anilines is 1. The van der Waals surface area contributed by atoms with Gasteiger partial charge in [0.2, 0.25) is 5.91 Å². The first-order valence-corrected chi connectivity index (χ1v) is 5.13. The Morgan fingerprint density at radius 3 is 3.07 bits per heavy atom. The van der Waals surface area contributed by atoms with Crippen molar-refractivity contribution >= 4 is 11.6 Å². The van der Waals surface area contributed by atoms with Crippen LogP contribution in [0.2, 0.25) is 0 Å². The smallest absolute Gasteiger partial charge is 0.235 e. The standard InChI is InChI=1S/C11H15N3O/c12-13-11(15)6-8-14-7-5-9-3-1-2-4-10(9)14/h1-4H,5-8,12H2,(H,13,15). The number of nitrogens with zero attached hydrogens (tertiary/aromatic N) is 1. The average Bonchev–Trinajstić information content (AvgIpc) is 2.69. The van der Waals surface area contributed by atoms with Gasteiger partial charge in [0.15, 0.2) is 0 Å². The zero-order chi connectivity index (χ0) is 10.7. The van der Waals surface area contributed by atoms with E-state index in [0.717, 1.165) is 19.5 Å². The summed E-state index contributed by atoms with van der Waals surface area (Å²) in [4.78, 5) is 13.2. The first-order chi connectivity index (χ1) is 7.31. The lowest BCUT2D eigenvalue weighted by molar-refractivity contribution is -0.120. The molecule has 0 atom stereocenters. The van der Waals surface area contributed by atoms with Crippen molar-refractivity contribution in [3.63, 3.8) is 0 Å². The molecule has 4 heteroatoms. The zero-order valence-electron chi connectivity index (χ0n) is 8.57. The van der Waals surface area contributed by atoms with E-state index < -0.39 is 0 Å². The first kappa shape index (κ1) is 9.98. The largest absolute Gasteiger partial charge is 0.370 e. The lowest BCUT2D eigenvalue weighted by Crippen LogP contribution is -2.33. The molecule has 0 aliphatic carbocycles. The monoisotopic (exact) mass is 205 g/mol. The third kappa shape index (κ3) is 2.10. The van der Waals surface area contributed by atoms with Crippen LogP contribution in [0, 0.1) is 0 Å². The zero-order valence-corrected chi connectivity index (χ0v) is 8.57. The fourth-order valence-corrected chi connectivity index (χ4v) is 1.95. The minimum atomic E-state index is -0.112. The van der Waals surface area contributed by atoms with Crippen molar-refractivity contribution < 1.29 is 4.79 Å². The Labute approximate surface area is 89.0 Å². The molecule has 1 aromatic rings. The van der Waals surface area contributed by atoms with Gasteiger partial charge in [-0.3, -0.25) is 10.2 Å². The molecule has 0 saturated heterocycles. The van der Waals surface area contributed by atoms with Crippen LogP contribution in [0.4, 0.5) is 5.69 Å². The van der Waals surface area contributed by atoms with Crippen LogP contribution < -0.4 is 16.2 Å². The van der Waals surface area contributed by atoms with E-state index in [2.05, 4.69) is 28.5 Å². The number of amides is 1. The van der Waals surface area contributed by atoms with Gasteiger partial charge in [0, 0.05) is 25.2 Å². The van der Waals surface area contributed by atoms with Gasteiger partial charge < -0.3 is 4.90 Å². The fourth-order valence-electron chi connectivity index (χ4n) is 1.95. The molecule has 0 unspecified atom stereocenters. The molecule has 0 fully saturated rings. The molecule has 1 heterocycles. The summed E-state index contributed by atoms with van der Waals surface area (Å²) in [5, 5.41) is 0. The van der Waals surface area contributed by atoms with Crippen LogP contribution in [0.5, 0.6) is 0 Å². The molecule has 0 saturated carbocycles. The summed E-state index contributed by atoms with van der Waals surface area (Å²) in [6.45, 7) is 1.73. The number of nitrogens with one attached hydrogen (secondary N) is 1. The van der Waals surface area contributed by atoms with Crippen LogP contribution in [0.1, 0.15) is 12.0 Å². The number of fused-ring (bicyclic) bond motifs is 1. The summed E-state index contributed by atoms with van der Waals surface area (Å²) >= 11 is 0. The van der Waals surface area contributed by atoms with Gasteiger partial charge in [-0.05, 0) is 18.1 Å². The van der Waals surface area contributed by atoms with E-state index in [1.807, 2.05) is 6.07 Å². The molecule has 1 aliphatic heterocycles. The van der Waals surface area contributed by atoms with Crippen LogP contribution in [-0.4, -0.2) is 19.0 Å². The van der Waals surface area contributed by atoms with Gasteiger partial charge in [-0.25, -0.2) is 5.84 Å². The number of hydrogen-bond donors (Lipinski definition) is 2. The summed E-state index contributed by atoms with van der Waals surface area (Å²) in [5.74, 6) is 4.92. The van der Waals surface area contributed by atoms with Crippen molar-refractivity contribution in [2.24, 2.45) is 5.84 Å². The van der Waals surface area contributed by atoms with E-state index in [1.165, 1.54) is 11.3 Å². The molecule has 80 valence electrons. The van der Waals surface area contributed by atoms with Gasteiger partial charge >= 0.3 is 0 Å². The van der Waals surface area contributed by atoms with Gasteiger partial charge in [0.05, 0.1) is 0 Å². The Bertz CT molecular complexity index is 365. The molecule has 0 radical (unpaired) electrons. The molecular weight excluding hydrogens is 190 g/mol. The van der Waals surface area contributed by atoms with E-state index in [0.29, 0.717) is 6.42 Å². The maximum atomic E-state index is 11.0. The minimum Gasteiger partial charge on any atom is -0.370 e. The highest BCUT2D eigenvalue weighted by molar-refractivity contribution is 5.76. The number of hydrogen-bond acceptors (Lipinski definition) is 3. The third-order valence-electron chi connectivity index (χ3n) is 2.75. The number of hydrazine groups is 1. The van der Waals surface area contributed by atoms with Crippen LogP contribution >= 0.6 is 0 Å². The Morgan fingerprint density at radius 2 is 2.27 bits per heavy atom. The third-order valence-corrected chi connectivity index (χ3v) is 2.75. The second-order valence-electron chi connectivity index (χ2n) is 3.68. The molecule has 2 rings (SSSR count). The Hall–Kier alpha value is -1.55. The molecule has 4 nitrogen and oxygen atoms in total. The number of benzene rings is 1. The maximum absolute atomic E-state index is 11.0. The molecule has 15 heavy (non-hydrogen) atoms. The normalized spacial score (nSPS) is 13.8. The summed E-state index contributed by atoms with van der Waals surface area (Å²) in [7, 11) is 0. The Morgan fingerprint density at radius 1 is 1.47 bits per heavy atom. The molecule has 3 N–H and O–H groups in total. The summed E-state index contributed by atoms with van der Waals surface area (Å²) in [5.41, 5.74) is 4.77. The van der Waals surface area contributed by atoms with Crippen LogP contribution in [0.15, 0.2) is 24.3 Å². The number of para-hydroxylation sites is 1.